The van der Waals surface area contributed by atoms with Gasteiger partial charge in [0.1, 0.15) is 6.33 Å². The van der Waals surface area contributed by atoms with Crippen molar-refractivity contribution in [1.82, 2.24) is 20.1 Å². The molecule has 0 amide bonds. The maximum absolute atomic E-state index is 10.1. The van der Waals surface area contributed by atoms with Crippen LogP contribution in [0.5, 0.6) is 0 Å². The summed E-state index contributed by atoms with van der Waals surface area (Å²) in [6.07, 6.45) is 1.57. The van der Waals surface area contributed by atoms with Gasteiger partial charge in [-0.2, -0.15) is 5.10 Å². The van der Waals surface area contributed by atoms with Crippen molar-refractivity contribution >= 4 is 5.97 Å². The number of carbonyl (C=O) groups is 1. The molecule has 66 valence electrons. The molecule has 2 N–H and O–H groups in total. The first-order valence-electron chi connectivity index (χ1n) is 3.45. The fraction of sp³-hybridized carbons (Fsp3) is 0.500. The van der Waals surface area contributed by atoms with Crippen LogP contribution in [0.15, 0.2) is 6.33 Å². The van der Waals surface area contributed by atoms with Crippen LogP contribution < -0.4 is 5.32 Å². The average Bonchev–Trinajstić information content (AvgIpc) is 2.35. The van der Waals surface area contributed by atoms with E-state index in [0.29, 0.717) is 12.4 Å². The van der Waals surface area contributed by atoms with Gasteiger partial charge in [0, 0.05) is 7.05 Å². The average molecular weight is 170 g/mol. The highest BCUT2D eigenvalue weighted by atomic mass is 16.4. The molecule has 1 rings (SSSR count). The second kappa shape index (κ2) is 3.82. The van der Waals surface area contributed by atoms with E-state index in [4.69, 9.17) is 5.11 Å². The Kier molecular flexibility index (Phi) is 2.76. The second-order valence-electron chi connectivity index (χ2n) is 2.33. The van der Waals surface area contributed by atoms with Crippen molar-refractivity contribution in [2.45, 2.75) is 6.54 Å². The van der Waals surface area contributed by atoms with Gasteiger partial charge in [-0.05, 0) is 0 Å². The molecule has 6 nitrogen and oxygen atoms in total. The summed E-state index contributed by atoms with van der Waals surface area (Å²) >= 11 is 0. The third kappa shape index (κ3) is 2.67. The smallest absolute Gasteiger partial charge is 0.317 e. The predicted molar refractivity (Wildman–Crippen MR) is 40.3 cm³/mol. The zero-order valence-electron chi connectivity index (χ0n) is 6.69. The van der Waals surface area contributed by atoms with E-state index in [-0.39, 0.29) is 6.54 Å². The standard InChI is InChI=1S/C6H10N4O2/c1-10-4-8-5(9-10)2-7-3-6(11)12/h4,7H,2-3H2,1H3,(H,11,12). The highest BCUT2D eigenvalue weighted by Crippen LogP contribution is 1.85. The summed E-state index contributed by atoms with van der Waals surface area (Å²) in [5.74, 6) is -0.287. The Morgan fingerprint density at radius 2 is 2.58 bits per heavy atom. The van der Waals surface area contributed by atoms with Crippen LogP contribution in [0.2, 0.25) is 0 Å². The molecular weight excluding hydrogens is 160 g/mol. The molecule has 0 fully saturated rings. The summed E-state index contributed by atoms with van der Waals surface area (Å²) in [7, 11) is 1.76. The summed E-state index contributed by atoms with van der Waals surface area (Å²) in [5, 5.41) is 14.9. The Labute approximate surface area is 69.2 Å². The number of aliphatic carboxylic acids is 1. The fourth-order valence-electron chi connectivity index (χ4n) is 0.746. The molecule has 6 heteroatoms. The minimum atomic E-state index is -0.883. The predicted octanol–water partition coefficient (Wildman–Crippen LogP) is -1.01. The van der Waals surface area contributed by atoms with E-state index in [9.17, 15) is 4.79 Å². The lowest BCUT2D eigenvalue weighted by Gasteiger charge is -1.95. The van der Waals surface area contributed by atoms with Gasteiger partial charge < -0.3 is 5.11 Å². The summed E-state index contributed by atoms with van der Waals surface area (Å²) in [4.78, 5) is 14.0. The molecule has 1 aromatic heterocycles. The number of aromatic nitrogens is 3. The molecule has 1 heterocycles. The molecule has 0 aliphatic heterocycles. The Bertz CT molecular complexity index is 270. The Morgan fingerprint density at radius 3 is 3.08 bits per heavy atom. The van der Waals surface area contributed by atoms with E-state index in [1.165, 1.54) is 0 Å². The number of carboxylic acids is 1. The SMILES string of the molecule is Cn1cnc(CNCC(=O)O)n1. The zero-order valence-corrected chi connectivity index (χ0v) is 6.69. The molecule has 0 atom stereocenters. The first-order valence-corrected chi connectivity index (χ1v) is 3.45. The van der Waals surface area contributed by atoms with Crippen LogP contribution in [-0.2, 0) is 18.4 Å². The van der Waals surface area contributed by atoms with E-state index in [2.05, 4.69) is 15.4 Å². The number of hydrogen-bond donors (Lipinski definition) is 2. The number of aryl methyl sites for hydroxylation is 1. The fourth-order valence-corrected chi connectivity index (χ4v) is 0.746. The van der Waals surface area contributed by atoms with Crippen LogP contribution in [0.25, 0.3) is 0 Å². The van der Waals surface area contributed by atoms with Crippen molar-refractivity contribution in [2.24, 2.45) is 7.05 Å². The van der Waals surface area contributed by atoms with Gasteiger partial charge in [-0.25, -0.2) is 4.98 Å². The number of carboxylic acid groups (broad SMARTS) is 1. The van der Waals surface area contributed by atoms with Crippen molar-refractivity contribution in [3.8, 4) is 0 Å². The number of hydrogen-bond acceptors (Lipinski definition) is 4. The summed E-state index contributed by atoms with van der Waals surface area (Å²) in [6.45, 7) is 0.311. The van der Waals surface area contributed by atoms with Crippen molar-refractivity contribution < 1.29 is 9.90 Å². The van der Waals surface area contributed by atoms with E-state index in [0.717, 1.165) is 0 Å². The van der Waals surface area contributed by atoms with Gasteiger partial charge in [0.25, 0.3) is 0 Å². The minimum absolute atomic E-state index is 0.0712. The van der Waals surface area contributed by atoms with Gasteiger partial charge in [0.2, 0.25) is 0 Å². The Morgan fingerprint density at radius 1 is 1.83 bits per heavy atom. The quantitative estimate of drug-likeness (QED) is 0.605. The molecule has 0 bridgehead atoms. The Balaban J connectivity index is 2.29. The molecule has 12 heavy (non-hydrogen) atoms. The summed E-state index contributed by atoms with van der Waals surface area (Å²) in [5.41, 5.74) is 0. The molecule has 0 spiro atoms. The molecular formula is C6H10N4O2. The molecule has 0 saturated carbocycles. The van der Waals surface area contributed by atoms with Crippen LogP contribution in [0.1, 0.15) is 5.82 Å². The van der Waals surface area contributed by atoms with Gasteiger partial charge in [-0.3, -0.25) is 14.8 Å². The summed E-state index contributed by atoms with van der Waals surface area (Å²) < 4.78 is 1.57. The van der Waals surface area contributed by atoms with E-state index in [1.807, 2.05) is 0 Å². The van der Waals surface area contributed by atoms with Crippen LogP contribution in [0.3, 0.4) is 0 Å². The van der Waals surface area contributed by atoms with Crippen molar-refractivity contribution in [3.63, 3.8) is 0 Å². The lowest BCUT2D eigenvalue weighted by molar-refractivity contribution is -0.136. The minimum Gasteiger partial charge on any atom is -0.480 e. The maximum Gasteiger partial charge on any atom is 0.317 e. The first kappa shape index (κ1) is 8.66. The maximum atomic E-state index is 10.1. The van der Waals surface area contributed by atoms with E-state index >= 15 is 0 Å². The van der Waals surface area contributed by atoms with Crippen LogP contribution >= 0.6 is 0 Å². The molecule has 0 unspecified atom stereocenters. The number of nitrogens with one attached hydrogen (secondary N) is 1. The topological polar surface area (TPSA) is 80.0 Å². The molecule has 0 aromatic carbocycles. The van der Waals surface area contributed by atoms with Crippen molar-refractivity contribution in [2.75, 3.05) is 6.54 Å². The van der Waals surface area contributed by atoms with Crippen LogP contribution in [0.4, 0.5) is 0 Å². The summed E-state index contributed by atoms with van der Waals surface area (Å²) in [6, 6.07) is 0. The Hall–Kier alpha value is -1.43. The third-order valence-corrected chi connectivity index (χ3v) is 1.21. The molecule has 1 aromatic rings. The lowest BCUT2D eigenvalue weighted by atomic mass is 10.5. The number of nitrogens with zero attached hydrogens (tertiary/aromatic N) is 3. The van der Waals surface area contributed by atoms with Crippen molar-refractivity contribution in [3.05, 3.63) is 12.2 Å². The number of rotatable bonds is 4. The second-order valence-corrected chi connectivity index (χ2v) is 2.33. The highest BCUT2D eigenvalue weighted by molar-refractivity contribution is 5.68. The molecule has 0 saturated heterocycles. The van der Waals surface area contributed by atoms with Crippen molar-refractivity contribution in [1.29, 1.82) is 0 Å². The van der Waals surface area contributed by atoms with Crippen LogP contribution in [0, 0.1) is 0 Å². The lowest BCUT2D eigenvalue weighted by Crippen LogP contribution is -2.22. The first-order chi connectivity index (χ1) is 5.68. The van der Waals surface area contributed by atoms with Crippen LogP contribution in [-0.4, -0.2) is 32.4 Å². The van der Waals surface area contributed by atoms with E-state index < -0.39 is 5.97 Å². The van der Waals surface area contributed by atoms with Gasteiger partial charge in [0.05, 0.1) is 13.1 Å². The highest BCUT2D eigenvalue weighted by Gasteiger charge is 1.99. The van der Waals surface area contributed by atoms with Gasteiger partial charge in [-0.15, -0.1) is 0 Å². The van der Waals surface area contributed by atoms with Gasteiger partial charge in [-0.1, -0.05) is 0 Å². The normalized spacial score (nSPS) is 10.1. The van der Waals surface area contributed by atoms with Gasteiger partial charge in [0.15, 0.2) is 5.82 Å². The largest absolute Gasteiger partial charge is 0.480 e. The third-order valence-electron chi connectivity index (χ3n) is 1.21. The molecule has 0 aliphatic rings. The monoisotopic (exact) mass is 170 g/mol. The molecule has 0 aliphatic carbocycles. The zero-order chi connectivity index (χ0) is 8.97. The van der Waals surface area contributed by atoms with E-state index in [1.54, 1.807) is 18.1 Å². The van der Waals surface area contributed by atoms with Gasteiger partial charge >= 0.3 is 5.97 Å². The molecule has 0 radical (unpaired) electrons.